The maximum Gasteiger partial charge on any atom is 0.306 e. The first-order valence-corrected chi connectivity index (χ1v) is 4.78. The molecule has 0 heterocycles. The number of carboxylic acid groups (broad SMARTS) is 1. The van der Waals surface area contributed by atoms with Crippen molar-refractivity contribution < 1.29 is 14.6 Å². The van der Waals surface area contributed by atoms with Crippen molar-refractivity contribution in [2.75, 3.05) is 12.3 Å². The van der Waals surface area contributed by atoms with E-state index in [0.717, 1.165) is 4.47 Å². The summed E-state index contributed by atoms with van der Waals surface area (Å²) in [5, 5.41) is 8.38. The van der Waals surface area contributed by atoms with Crippen molar-refractivity contribution in [2.45, 2.75) is 6.42 Å². The van der Waals surface area contributed by atoms with Gasteiger partial charge in [-0.3, -0.25) is 4.79 Å². The van der Waals surface area contributed by atoms with E-state index in [2.05, 4.69) is 15.9 Å². The van der Waals surface area contributed by atoms with E-state index in [1.807, 2.05) is 0 Å². The van der Waals surface area contributed by atoms with Gasteiger partial charge in [-0.25, -0.2) is 0 Å². The van der Waals surface area contributed by atoms with Gasteiger partial charge < -0.3 is 15.6 Å². The smallest absolute Gasteiger partial charge is 0.306 e. The monoisotopic (exact) mass is 259 g/mol. The number of hydrogen-bond donors (Lipinski definition) is 2. The van der Waals surface area contributed by atoms with Crippen LogP contribution in [0.5, 0.6) is 5.75 Å². The number of ether oxygens (including phenoxy) is 1. The molecule has 0 saturated heterocycles. The van der Waals surface area contributed by atoms with Crippen molar-refractivity contribution in [3.63, 3.8) is 0 Å². The molecule has 0 aromatic heterocycles. The summed E-state index contributed by atoms with van der Waals surface area (Å²) < 4.78 is 5.93. The first-order valence-electron chi connectivity index (χ1n) is 3.99. The normalized spacial score (nSPS) is 9.79. The van der Waals surface area contributed by atoms with Crippen LogP contribution >= 0.6 is 15.9 Å². The molecule has 4 nitrogen and oxygen atoms in total. The fourth-order valence-electron chi connectivity index (χ4n) is 0.854. The lowest BCUT2D eigenvalue weighted by Crippen LogP contribution is -2.04. The van der Waals surface area contributed by atoms with Gasteiger partial charge in [0.05, 0.1) is 13.0 Å². The SMILES string of the molecule is Nc1ccc(OCCC(=O)O)cc1Br. The molecule has 0 aliphatic heterocycles. The number of hydrogen-bond acceptors (Lipinski definition) is 3. The zero-order chi connectivity index (χ0) is 10.6. The zero-order valence-corrected chi connectivity index (χ0v) is 8.95. The Morgan fingerprint density at radius 2 is 2.29 bits per heavy atom. The van der Waals surface area contributed by atoms with Crippen LogP contribution in [0, 0.1) is 0 Å². The fraction of sp³-hybridized carbons (Fsp3) is 0.222. The van der Waals surface area contributed by atoms with Crippen LogP contribution in [0.15, 0.2) is 22.7 Å². The van der Waals surface area contributed by atoms with Crippen LogP contribution < -0.4 is 10.5 Å². The van der Waals surface area contributed by atoms with Crippen LogP contribution in [0.1, 0.15) is 6.42 Å². The molecule has 0 radical (unpaired) electrons. The Bertz CT molecular complexity index is 341. The summed E-state index contributed by atoms with van der Waals surface area (Å²) >= 11 is 3.25. The van der Waals surface area contributed by atoms with Gasteiger partial charge in [0.15, 0.2) is 0 Å². The summed E-state index contributed by atoms with van der Waals surface area (Å²) in [5.74, 6) is -0.271. The molecule has 0 aliphatic rings. The molecular formula is C9H10BrNO3. The quantitative estimate of drug-likeness (QED) is 0.811. The number of halogens is 1. The van der Waals surface area contributed by atoms with Gasteiger partial charge >= 0.3 is 5.97 Å². The Hall–Kier alpha value is -1.23. The van der Waals surface area contributed by atoms with Crippen molar-refractivity contribution in [1.29, 1.82) is 0 Å². The highest BCUT2D eigenvalue weighted by Gasteiger charge is 2.00. The Balaban J connectivity index is 2.51. The third-order valence-electron chi connectivity index (χ3n) is 1.56. The summed E-state index contributed by atoms with van der Waals surface area (Å²) in [6.07, 6.45) is -0.0119. The van der Waals surface area contributed by atoms with E-state index < -0.39 is 5.97 Å². The molecule has 1 aromatic carbocycles. The Morgan fingerprint density at radius 1 is 1.57 bits per heavy atom. The first-order chi connectivity index (χ1) is 6.59. The van der Waals surface area contributed by atoms with Crippen LogP contribution in [-0.2, 0) is 4.79 Å². The van der Waals surface area contributed by atoms with Gasteiger partial charge in [0.1, 0.15) is 5.75 Å². The van der Waals surface area contributed by atoms with E-state index >= 15 is 0 Å². The van der Waals surface area contributed by atoms with E-state index in [1.54, 1.807) is 18.2 Å². The predicted molar refractivity (Wildman–Crippen MR) is 56.3 cm³/mol. The topological polar surface area (TPSA) is 72.5 Å². The Morgan fingerprint density at radius 3 is 2.86 bits per heavy atom. The van der Waals surface area contributed by atoms with Crippen LogP contribution in [0.4, 0.5) is 5.69 Å². The van der Waals surface area contributed by atoms with Crippen LogP contribution in [0.2, 0.25) is 0 Å². The van der Waals surface area contributed by atoms with Crippen molar-refractivity contribution in [3.8, 4) is 5.75 Å². The van der Waals surface area contributed by atoms with Gasteiger partial charge in [0, 0.05) is 10.2 Å². The van der Waals surface area contributed by atoms with Gasteiger partial charge in [-0.1, -0.05) is 0 Å². The van der Waals surface area contributed by atoms with E-state index in [4.69, 9.17) is 15.6 Å². The molecule has 0 unspecified atom stereocenters. The molecule has 0 bridgehead atoms. The van der Waals surface area contributed by atoms with Crippen molar-refractivity contribution >= 4 is 27.6 Å². The summed E-state index contributed by atoms with van der Waals surface area (Å²) in [5.41, 5.74) is 6.19. The van der Waals surface area contributed by atoms with E-state index in [0.29, 0.717) is 11.4 Å². The molecule has 14 heavy (non-hydrogen) atoms. The molecule has 0 amide bonds. The molecule has 1 rings (SSSR count). The lowest BCUT2D eigenvalue weighted by atomic mass is 10.3. The molecule has 5 heteroatoms. The highest BCUT2D eigenvalue weighted by Crippen LogP contribution is 2.24. The number of carboxylic acids is 1. The summed E-state index contributed by atoms with van der Waals surface area (Å²) in [6, 6.07) is 5.10. The highest BCUT2D eigenvalue weighted by molar-refractivity contribution is 9.10. The molecule has 0 aliphatic carbocycles. The third-order valence-corrected chi connectivity index (χ3v) is 2.24. The molecule has 3 N–H and O–H groups in total. The fourth-order valence-corrected chi connectivity index (χ4v) is 1.21. The van der Waals surface area contributed by atoms with Crippen LogP contribution in [0.3, 0.4) is 0 Å². The minimum atomic E-state index is -0.875. The van der Waals surface area contributed by atoms with Crippen molar-refractivity contribution in [3.05, 3.63) is 22.7 Å². The average molecular weight is 260 g/mol. The van der Waals surface area contributed by atoms with Crippen molar-refractivity contribution in [1.82, 2.24) is 0 Å². The largest absolute Gasteiger partial charge is 0.493 e. The number of aliphatic carboxylic acids is 1. The number of carbonyl (C=O) groups is 1. The number of anilines is 1. The number of nitrogens with two attached hydrogens (primary N) is 1. The van der Waals surface area contributed by atoms with Crippen LogP contribution in [-0.4, -0.2) is 17.7 Å². The molecule has 0 saturated carbocycles. The van der Waals surface area contributed by atoms with E-state index in [-0.39, 0.29) is 13.0 Å². The molecule has 76 valence electrons. The second kappa shape index (κ2) is 4.85. The molecule has 0 spiro atoms. The summed E-state index contributed by atoms with van der Waals surface area (Å²) in [7, 11) is 0. The van der Waals surface area contributed by atoms with Crippen molar-refractivity contribution in [2.24, 2.45) is 0 Å². The summed E-state index contributed by atoms with van der Waals surface area (Å²) in [4.78, 5) is 10.2. The van der Waals surface area contributed by atoms with Gasteiger partial charge in [0.2, 0.25) is 0 Å². The van der Waals surface area contributed by atoms with Gasteiger partial charge in [-0.05, 0) is 34.1 Å². The second-order valence-corrected chi connectivity index (χ2v) is 3.53. The molecule has 1 aromatic rings. The maximum absolute atomic E-state index is 10.2. The lowest BCUT2D eigenvalue weighted by Gasteiger charge is -2.05. The second-order valence-electron chi connectivity index (χ2n) is 2.68. The minimum absolute atomic E-state index is 0.0119. The Labute approximate surface area is 89.8 Å². The van der Waals surface area contributed by atoms with Crippen LogP contribution in [0.25, 0.3) is 0 Å². The number of benzene rings is 1. The average Bonchev–Trinajstić information content (AvgIpc) is 2.10. The molecule has 0 fully saturated rings. The maximum atomic E-state index is 10.2. The standard InChI is InChI=1S/C9H10BrNO3/c10-7-5-6(1-2-8(7)11)14-4-3-9(12)13/h1-2,5H,3-4,11H2,(H,12,13). The van der Waals surface area contributed by atoms with Gasteiger partial charge in [-0.2, -0.15) is 0 Å². The lowest BCUT2D eigenvalue weighted by molar-refractivity contribution is -0.137. The third kappa shape index (κ3) is 3.26. The number of nitrogen functional groups attached to an aromatic ring is 1. The minimum Gasteiger partial charge on any atom is -0.493 e. The highest BCUT2D eigenvalue weighted by atomic mass is 79.9. The Kier molecular flexibility index (Phi) is 3.76. The zero-order valence-electron chi connectivity index (χ0n) is 7.37. The first kappa shape index (κ1) is 10.8. The van der Waals surface area contributed by atoms with E-state index in [1.165, 1.54) is 0 Å². The summed E-state index contributed by atoms with van der Waals surface area (Å²) in [6.45, 7) is 0.158. The molecular weight excluding hydrogens is 250 g/mol. The van der Waals surface area contributed by atoms with Gasteiger partial charge in [-0.15, -0.1) is 0 Å². The predicted octanol–water partition coefficient (Wildman–Crippen LogP) is 1.88. The van der Waals surface area contributed by atoms with E-state index in [9.17, 15) is 4.79 Å². The molecule has 0 atom stereocenters. The number of rotatable bonds is 4. The van der Waals surface area contributed by atoms with Gasteiger partial charge in [0.25, 0.3) is 0 Å².